The van der Waals surface area contributed by atoms with Gasteiger partial charge in [-0.1, -0.05) is 17.7 Å². The minimum absolute atomic E-state index is 0.254. The van der Waals surface area contributed by atoms with Crippen molar-refractivity contribution in [1.82, 2.24) is 20.2 Å². The first-order chi connectivity index (χ1) is 11.1. The molecule has 0 unspecified atom stereocenters. The summed E-state index contributed by atoms with van der Waals surface area (Å²) in [6.07, 6.45) is 3.46. The molecule has 0 fully saturated rings. The zero-order valence-electron chi connectivity index (χ0n) is 11.8. The molecule has 0 radical (unpaired) electrons. The molecule has 3 N–H and O–H groups in total. The predicted molar refractivity (Wildman–Crippen MR) is 93.5 cm³/mol. The molecule has 0 atom stereocenters. The number of thiocarbonyl (C=S) groups is 1. The van der Waals surface area contributed by atoms with Crippen LogP contribution in [-0.4, -0.2) is 20.4 Å². The van der Waals surface area contributed by atoms with Crippen LogP contribution in [0.2, 0.25) is 5.02 Å². The number of carbonyl (C=O) groups excluding carboxylic acids is 1. The quantitative estimate of drug-likeness (QED) is 0.492. The van der Waals surface area contributed by atoms with Crippen LogP contribution in [0.15, 0.2) is 54.9 Å². The molecule has 3 aromatic rings. The summed E-state index contributed by atoms with van der Waals surface area (Å²) in [7, 11) is 0. The lowest BCUT2D eigenvalue weighted by atomic mass is 10.3. The summed E-state index contributed by atoms with van der Waals surface area (Å²) in [5, 5.41) is 3.81. The van der Waals surface area contributed by atoms with E-state index in [0.717, 1.165) is 5.69 Å². The third-order valence-electron chi connectivity index (χ3n) is 2.99. The molecule has 2 heterocycles. The van der Waals surface area contributed by atoms with Gasteiger partial charge >= 0.3 is 0 Å². The number of pyridine rings is 1. The summed E-state index contributed by atoms with van der Waals surface area (Å²) in [5.41, 5.74) is 6.87. The zero-order valence-corrected chi connectivity index (χ0v) is 13.4. The smallest absolute Gasteiger partial charge is 0.289 e. The Morgan fingerprint density at radius 1 is 1.13 bits per heavy atom. The first-order valence-electron chi connectivity index (χ1n) is 6.68. The summed E-state index contributed by atoms with van der Waals surface area (Å²) < 4.78 is 1.76. The molecule has 3 rings (SSSR count). The monoisotopic (exact) mass is 345 g/mol. The fraction of sp³-hybridized carbons (Fsp3) is 0. The number of hydrogen-bond acceptors (Lipinski definition) is 3. The Bertz CT molecular complexity index is 829. The van der Waals surface area contributed by atoms with Crippen molar-refractivity contribution in [2.24, 2.45) is 0 Å². The molecule has 0 saturated carbocycles. The van der Waals surface area contributed by atoms with Gasteiger partial charge in [0.1, 0.15) is 11.3 Å². The molecule has 0 aliphatic rings. The maximum atomic E-state index is 12.1. The van der Waals surface area contributed by atoms with E-state index in [-0.39, 0.29) is 16.7 Å². The van der Waals surface area contributed by atoms with Gasteiger partial charge in [-0.05, 0) is 48.6 Å². The average Bonchev–Trinajstić information content (AvgIpc) is 2.99. The van der Waals surface area contributed by atoms with Crippen LogP contribution in [0, 0.1) is 0 Å². The van der Waals surface area contributed by atoms with Gasteiger partial charge in [-0.15, -0.1) is 0 Å². The summed E-state index contributed by atoms with van der Waals surface area (Å²) in [4.78, 5) is 16.3. The molecule has 1 amide bonds. The standard InChI is InChI=1S/C15H12ClN5OS/c16-10-4-6-11(7-5-10)17-15(23)20-19-14(22)12-9-21-8-2-1-3-13(21)18-12/h1-9H,(H,19,22)(H2,17,20,23). The van der Waals surface area contributed by atoms with Crippen LogP contribution in [0.25, 0.3) is 5.65 Å². The maximum absolute atomic E-state index is 12.1. The van der Waals surface area contributed by atoms with Crippen LogP contribution in [0.3, 0.4) is 0 Å². The number of amides is 1. The van der Waals surface area contributed by atoms with Crippen molar-refractivity contribution in [3.63, 3.8) is 0 Å². The van der Waals surface area contributed by atoms with Crippen molar-refractivity contribution in [2.75, 3.05) is 5.32 Å². The van der Waals surface area contributed by atoms with Gasteiger partial charge in [0.05, 0.1) is 0 Å². The number of anilines is 1. The van der Waals surface area contributed by atoms with E-state index >= 15 is 0 Å². The van der Waals surface area contributed by atoms with Gasteiger partial charge in [0.2, 0.25) is 0 Å². The summed E-state index contributed by atoms with van der Waals surface area (Å²) in [5.74, 6) is -0.381. The number of nitrogens with zero attached hydrogens (tertiary/aromatic N) is 2. The van der Waals surface area contributed by atoms with Crippen LogP contribution < -0.4 is 16.2 Å². The SMILES string of the molecule is O=C(NNC(=S)Nc1ccc(Cl)cc1)c1cn2ccccc2n1. The number of hydrogen-bond donors (Lipinski definition) is 3. The van der Waals surface area contributed by atoms with Gasteiger partial charge in [-0.25, -0.2) is 4.98 Å². The van der Waals surface area contributed by atoms with Gasteiger partial charge in [0.25, 0.3) is 5.91 Å². The van der Waals surface area contributed by atoms with Gasteiger partial charge < -0.3 is 9.72 Å². The highest BCUT2D eigenvalue weighted by atomic mass is 35.5. The maximum Gasteiger partial charge on any atom is 0.289 e. The number of aromatic nitrogens is 2. The first kappa shape index (κ1) is 15.3. The van der Waals surface area contributed by atoms with E-state index in [0.29, 0.717) is 10.7 Å². The molecular weight excluding hydrogens is 334 g/mol. The number of rotatable bonds is 2. The van der Waals surface area contributed by atoms with Gasteiger partial charge in [0, 0.05) is 23.1 Å². The fourth-order valence-corrected chi connectivity index (χ4v) is 2.21. The number of halogens is 1. The Hall–Kier alpha value is -2.64. The molecule has 116 valence electrons. The van der Waals surface area contributed by atoms with Crippen LogP contribution >= 0.6 is 23.8 Å². The average molecular weight is 346 g/mol. The van der Waals surface area contributed by atoms with Gasteiger partial charge in [0.15, 0.2) is 5.11 Å². The first-order valence-corrected chi connectivity index (χ1v) is 7.47. The summed E-state index contributed by atoms with van der Waals surface area (Å²) >= 11 is 10.9. The number of imidazole rings is 1. The minimum atomic E-state index is -0.381. The van der Waals surface area contributed by atoms with E-state index in [9.17, 15) is 4.79 Å². The lowest BCUT2D eigenvalue weighted by Gasteiger charge is -2.10. The molecular formula is C15H12ClN5OS. The molecule has 0 spiro atoms. The normalized spacial score (nSPS) is 10.3. The zero-order chi connectivity index (χ0) is 16.2. The van der Waals surface area contributed by atoms with Crippen molar-refractivity contribution < 1.29 is 4.79 Å². The van der Waals surface area contributed by atoms with Crippen LogP contribution in [0.5, 0.6) is 0 Å². The molecule has 23 heavy (non-hydrogen) atoms. The highest BCUT2D eigenvalue weighted by Gasteiger charge is 2.10. The molecule has 6 nitrogen and oxygen atoms in total. The number of carbonyl (C=O) groups is 1. The Morgan fingerprint density at radius 2 is 1.91 bits per heavy atom. The largest absolute Gasteiger partial charge is 0.331 e. The third kappa shape index (κ3) is 3.77. The van der Waals surface area contributed by atoms with Crippen LogP contribution in [0.1, 0.15) is 10.5 Å². The molecule has 0 bridgehead atoms. The molecule has 2 aromatic heterocycles. The summed E-state index contributed by atoms with van der Waals surface area (Å²) in [6.45, 7) is 0. The highest BCUT2D eigenvalue weighted by Crippen LogP contribution is 2.13. The van der Waals surface area contributed by atoms with Gasteiger partial charge in [-0.3, -0.25) is 15.6 Å². The van der Waals surface area contributed by atoms with Crippen LogP contribution in [-0.2, 0) is 0 Å². The van der Waals surface area contributed by atoms with Crippen molar-refractivity contribution in [3.8, 4) is 0 Å². The van der Waals surface area contributed by atoms with E-state index in [2.05, 4.69) is 21.2 Å². The Kier molecular flexibility index (Phi) is 4.40. The van der Waals surface area contributed by atoms with Gasteiger partial charge in [-0.2, -0.15) is 0 Å². The lowest BCUT2D eigenvalue weighted by Crippen LogP contribution is -2.43. The molecule has 0 saturated heterocycles. The second-order valence-corrected chi connectivity index (χ2v) is 5.48. The molecule has 0 aliphatic heterocycles. The number of nitrogens with one attached hydrogen (secondary N) is 3. The number of fused-ring (bicyclic) bond motifs is 1. The number of hydrazine groups is 1. The second kappa shape index (κ2) is 6.64. The third-order valence-corrected chi connectivity index (χ3v) is 3.44. The predicted octanol–water partition coefficient (Wildman–Crippen LogP) is 2.62. The van der Waals surface area contributed by atoms with E-state index in [1.807, 2.05) is 24.4 Å². The Balaban J connectivity index is 1.57. The Morgan fingerprint density at radius 3 is 2.65 bits per heavy atom. The molecule has 1 aromatic carbocycles. The lowest BCUT2D eigenvalue weighted by molar-refractivity contribution is 0.0940. The highest BCUT2D eigenvalue weighted by molar-refractivity contribution is 7.80. The van der Waals surface area contributed by atoms with Crippen molar-refractivity contribution in [2.45, 2.75) is 0 Å². The minimum Gasteiger partial charge on any atom is -0.331 e. The van der Waals surface area contributed by atoms with E-state index in [1.54, 1.807) is 34.9 Å². The van der Waals surface area contributed by atoms with Crippen molar-refractivity contribution in [1.29, 1.82) is 0 Å². The second-order valence-electron chi connectivity index (χ2n) is 4.63. The Labute approximate surface area is 142 Å². The van der Waals surface area contributed by atoms with E-state index in [4.69, 9.17) is 23.8 Å². The molecule has 0 aliphatic carbocycles. The topological polar surface area (TPSA) is 70.5 Å². The van der Waals surface area contributed by atoms with Crippen LogP contribution in [0.4, 0.5) is 5.69 Å². The summed E-state index contributed by atoms with van der Waals surface area (Å²) in [6, 6.07) is 12.6. The van der Waals surface area contributed by atoms with Crippen molar-refractivity contribution >= 4 is 46.2 Å². The van der Waals surface area contributed by atoms with E-state index in [1.165, 1.54) is 0 Å². The van der Waals surface area contributed by atoms with E-state index < -0.39 is 0 Å². The fourth-order valence-electron chi connectivity index (χ4n) is 1.92. The number of benzene rings is 1. The van der Waals surface area contributed by atoms with Crippen molar-refractivity contribution in [3.05, 3.63) is 65.6 Å². The molecule has 8 heteroatoms.